The summed E-state index contributed by atoms with van der Waals surface area (Å²) < 4.78 is 32.0. The average molecular weight is 417 g/mol. The monoisotopic (exact) mass is 416 g/mol. The van der Waals surface area contributed by atoms with Gasteiger partial charge in [0.25, 0.3) is 0 Å². The molecule has 0 N–H and O–H groups in total. The van der Waals surface area contributed by atoms with Crippen LogP contribution in [0.1, 0.15) is 29.0 Å². The summed E-state index contributed by atoms with van der Waals surface area (Å²) in [4.78, 5) is 14.7. The minimum Gasteiger partial charge on any atom is -0.497 e. The van der Waals surface area contributed by atoms with Crippen molar-refractivity contribution in [1.82, 2.24) is 9.21 Å². The van der Waals surface area contributed by atoms with Crippen molar-refractivity contribution in [2.75, 3.05) is 33.8 Å². The van der Waals surface area contributed by atoms with E-state index in [2.05, 4.69) is 0 Å². The van der Waals surface area contributed by atoms with Gasteiger partial charge in [-0.2, -0.15) is 4.31 Å². The Morgan fingerprint density at radius 1 is 1.14 bits per heavy atom. The molecule has 1 amide bonds. The summed E-state index contributed by atoms with van der Waals surface area (Å²) in [5.74, 6) is 0.889. The van der Waals surface area contributed by atoms with Crippen molar-refractivity contribution in [2.24, 2.45) is 0 Å². The molecule has 3 rings (SSSR count). The molecular weight excluding hydrogens is 388 g/mol. The highest BCUT2D eigenvalue weighted by Crippen LogP contribution is 2.28. The van der Waals surface area contributed by atoms with Gasteiger partial charge in [-0.15, -0.1) is 0 Å². The maximum atomic E-state index is 12.8. The first-order valence-corrected chi connectivity index (χ1v) is 11.1. The van der Waals surface area contributed by atoms with E-state index in [9.17, 15) is 13.2 Å². The van der Waals surface area contributed by atoms with Gasteiger partial charge in [-0.05, 0) is 61.2 Å². The van der Waals surface area contributed by atoms with E-state index < -0.39 is 10.0 Å². The third kappa shape index (κ3) is 4.62. The number of carbonyl (C=O) groups is 1. The highest BCUT2D eigenvalue weighted by Gasteiger charge is 2.30. The second-order valence-corrected chi connectivity index (χ2v) is 9.65. The number of aryl methyl sites for hydroxylation is 2. The van der Waals surface area contributed by atoms with Gasteiger partial charge in [0.05, 0.1) is 18.6 Å². The Labute approximate surface area is 173 Å². The van der Waals surface area contributed by atoms with Crippen LogP contribution in [0.3, 0.4) is 0 Å². The molecule has 7 heteroatoms. The van der Waals surface area contributed by atoms with Crippen LogP contribution >= 0.6 is 0 Å². The van der Waals surface area contributed by atoms with Crippen LogP contribution in [0.5, 0.6) is 5.75 Å². The van der Waals surface area contributed by atoms with Crippen LogP contribution < -0.4 is 4.74 Å². The molecule has 0 radical (unpaired) electrons. The molecule has 1 unspecified atom stereocenters. The van der Waals surface area contributed by atoms with Gasteiger partial charge in [-0.1, -0.05) is 18.2 Å². The Bertz CT molecular complexity index is 986. The standard InChI is InChI=1S/C22H28N2O4S/c1-16-5-10-21(13-17(16)2)29(26,27)23(3)15-22(25)24-12-11-19(14-24)18-6-8-20(28-4)9-7-18/h5-10,13,19H,11-12,14-15H2,1-4H3. The summed E-state index contributed by atoms with van der Waals surface area (Å²) in [6.45, 7) is 4.88. The molecule has 1 aliphatic heterocycles. The highest BCUT2D eigenvalue weighted by molar-refractivity contribution is 7.89. The molecule has 2 aromatic carbocycles. The zero-order valence-electron chi connectivity index (χ0n) is 17.4. The van der Waals surface area contributed by atoms with E-state index >= 15 is 0 Å². The van der Waals surface area contributed by atoms with Crippen LogP contribution in [0, 0.1) is 13.8 Å². The number of likely N-dealkylation sites (tertiary alicyclic amines) is 1. The van der Waals surface area contributed by atoms with Crippen molar-refractivity contribution in [3.05, 3.63) is 59.2 Å². The number of hydrogen-bond donors (Lipinski definition) is 0. The Morgan fingerprint density at radius 2 is 1.83 bits per heavy atom. The summed E-state index contributed by atoms with van der Waals surface area (Å²) in [6, 6.07) is 12.9. The van der Waals surface area contributed by atoms with Crippen molar-refractivity contribution in [2.45, 2.75) is 31.1 Å². The SMILES string of the molecule is COc1ccc(C2CCN(C(=O)CN(C)S(=O)(=O)c3ccc(C)c(C)c3)C2)cc1. The molecule has 1 atom stereocenters. The van der Waals surface area contributed by atoms with Gasteiger partial charge in [0.15, 0.2) is 0 Å². The van der Waals surface area contributed by atoms with Crippen molar-refractivity contribution >= 4 is 15.9 Å². The molecule has 0 spiro atoms. The van der Waals surface area contributed by atoms with Gasteiger partial charge in [0, 0.05) is 26.1 Å². The number of benzene rings is 2. The van der Waals surface area contributed by atoms with E-state index in [1.54, 1.807) is 30.2 Å². The Morgan fingerprint density at radius 3 is 2.45 bits per heavy atom. The first kappa shape index (κ1) is 21.3. The molecular formula is C22H28N2O4S. The quantitative estimate of drug-likeness (QED) is 0.726. The summed E-state index contributed by atoms with van der Waals surface area (Å²) in [6.07, 6.45) is 0.867. The Balaban J connectivity index is 1.64. The van der Waals surface area contributed by atoms with Gasteiger partial charge >= 0.3 is 0 Å². The topological polar surface area (TPSA) is 66.9 Å². The smallest absolute Gasteiger partial charge is 0.243 e. The van der Waals surface area contributed by atoms with Crippen LogP contribution in [0.4, 0.5) is 0 Å². The third-order valence-corrected chi connectivity index (χ3v) is 7.47. The molecule has 0 aliphatic carbocycles. The van der Waals surface area contributed by atoms with Crippen molar-refractivity contribution in [3.63, 3.8) is 0 Å². The van der Waals surface area contributed by atoms with Crippen LogP contribution in [-0.4, -0.2) is 57.3 Å². The number of ether oxygens (including phenoxy) is 1. The van der Waals surface area contributed by atoms with Gasteiger partial charge in [-0.25, -0.2) is 8.42 Å². The molecule has 156 valence electrons. The molecule has 29 heavy (non-hydrogen) atoms. The summed E-state index contributed by atoms with van der Waals surface area (Å²) in [7, 11) is -0.614. The normalized spacial score (nSPS) is 17.0. The number of hydrogen-bond acceptors (Lipinski definition) is 4. The number of carbonyl (C=O) groups excluding carboxylic acids is 1. The maximum absolute atomic E-state index is 12.8. The highest BCUT2D eigenvalue weighted by atomic mass is 32.2. The summed E-state index contributed by atoms with van der Waals surface area (Å²) in [5.41, 5.74) is 3.11. The minimum atomic E-state index is -3.70. The van der Waals surface area contributed by atoms with Crippen molar-refractivity contribution < 1.29 is 17.9 Å². The number of nitrogens with zero attached hydrogens (tertiary/aromatic N) is 2. The van der Waals surface area contributed by atoms with Gasteiger partial charge in [0.1, 0.15) is 5.75 Å². The molecule has 0 aromatic heterocycles. The summed E-state index contributed by atoms with van der Waals surface area (Å²) >= 11 is 0. The molecule has 1 aliphatic rings. The lowest BCUT2D eigenvalue weighted by atomic mass is 9.98. The number of likely N-dealkylation sites (N-methyl/N-ethyl adjacent to an activating group) is 1. The van der Waals surface area contributed by atoms with E-state index in [1.807, 2.05) is 38.1 Å². The van der Waals surface area contributed by atoms with Crippen LogP contribution in [0.2, 0.25) is 0 Å². The summed E-state index contributed by atoms with van der Waals surface area (Å²) in [5, 5.41) is 0. The lowest BCUT2D eigenvalue weighted by Gasteiger charge is -2.22. The fourth-order valence-electron chi connectivity index (χ4n) is 3.56. The van der Waals surface area contributed by atoms with E-state index in [4.69, 9.17) is 4.74 Å². The zero-order chi connectivity index (χ0) is 21.2. The van der Waals surface area contributed by atoms with E-state index in [0.717, 1.165) is 33.2 Å². The largest absolute Gasteiger partial charge is 0.497 e. The number of sulfonamides is 1. The molecule has 2 aromatic rings. The predicted octanol–water partition coefficient (Wildman–Crippen LogP) is 2.95. The van der Waals surface area contributed by atoms with Crippen molar-refractivity contribution in [1.29, 1.82) is 0 Å². The lowest BCUT2D eigenvalue weighted by molar-refractivity contribution is -0.130. The molecule has 0 bridgehead atoms. The molecule has 0 saturated carbocycles. The predicted molar refractivity (Wildman–Crippen MR) is 113 cm³/mol. The van der Waals surface area contributed by atoms with Crippen LogP contribution in [0.25, 0.3) is 0 Å². The number of rotatable bonds is 6. The lowest BCUT2D eigenvalue weighted by Crippen LogP contribution is -2.40. The molecule has 1 fully saturated rings. The molecule has 6 nitrogen and oxygen atoms in total. The van der Waals surface area contributed by atoms with Gasteiger partial charge in [0.2, 0.25) is 15.9 Å². The third-order valence-electron chi connectivity index (χ3n) is 5.67. The fraction of sp³-hybridized carbons (Fsp3) is 0.409. The van der Waals surface area contributed by atoms with E-state index in [1.165, 1.54) is 7.05 Å². The first-order chi connectivity index (χ1) is 13.7. The second-order valence-electron chi connectivity index (χ2n) is 7.61. The van der Waals surface area contributed by atoms with Crippen LogP contribution in [-0.2, 0) is 14.8 Å². The second kappa shape index (κ2) is 8.55. The van der Waals surface area contributed by atoms with Gasteiger partial charge in [-0.3, -0.25) is 4.79 Å². The van der Waals surface area contributed by atoms with E-state index in [0.29, 0.717) is 13.1 Å². The van der Waals surface area contributed by atoms with E-state index in [-0.39, 0.29) is 23.3 Å². The molecule has 1 heterocycles. The van der Waals surface area contributed by atoms with Crippen LogP contribution in [0.15, 0.2) is 47.4 Å². The number of amides is 1. The first-order valence-electron chi connectivity index (χ1n) is 9.67. The maximum Gasteiger partial charge on any atom is 0.243 e. The fourth-order valence-corrected chi connectivity index (χ4v) is 4.77. The Hall–Kier alpha value is -2.38. The molecule has 1 saturated heterocycles. The van der Waals surface area contributed by atoms with Gasteiger partial charge < -0.3 is 9.64 Å². The Kier molecular flexibility index (Phi) is 6.29. The number of methoxy groups -OCH3 is 1. The van der Waals surface area contributed by atoms with Crippen molar-refractivity contribution in [3.8, 4) is 5.75 Å². The zero-order valence-corrected chi connectivity index (χ0v) is 18.2. The average Bonchev–Trinajstić information content (AvgIpc) is 3.20. The minimum absolute atomic E-state index is 0.162.